The van der Waals surface area contributed by atoms with E-state index in [0.29, 0.717) is 5.56 Å². The van der Waals surface area contributed by atoms with Gasteiger partial charge in [0, 0.05) is 11.6 Å². The highest BCUT2D eigenvalue weighted by atomic mass is 19.1. The fraction of sp³-hybridized carbons (Fsp3) is 0.333. The Morgan fingerprint density at radius 2 is 2.00 bits per heavy atom. The van der Waals surface area contributed by atoms with E-state index in [0.717, 1.165) is 29.8 Å². The third-order valence-electron chi connectivity index (χ3n) is 3.56. The van der Waals surface area contributed by atoms with E-state index in [2.05, 4.69) is 5.32 Å². The summed E-state index contributed by atoms with van der Waals surface area (Å²) in [5, 5.41) is 3.36. The number of hydrogen-bond acceptors (Lipinski definition) is 2. The monoisotopic (exact) mass is 287 g/mol. The van der Waals surface area contributed by atoms with E-state index in [-0.39, 0.29) is 11.9 Å². The molecule has 1 N–H and O–H groups in total. The van der Waals surface area contributed by atoms with Gasteiger partial charge in [-0.15, -0.1) is 0 Å². The minimum absolute atomic E-state index is 0.0392. The van der Waals surface area contributed by atoms with Crippen LogP contribution in [0.2, 0.25) is 0 Å². The van der Waals surface area contributed by atoms with Gasteiger partial charge in [-0.1, -0.05) is 31.2 Å². The number of nitrogens with one attached hydrogen (secondary N) is 1. The zero-order valence-corrected chi connectivity index (χ0v) is 12.8. The largest absolute Gasteiger partial charge is 0.497 e. The Balaban J connectivity index is 2.26. The van der Waals surface area contributed by atoms with Crippen molar-refractivity contribution in [2.24, 2.45) is 0 Å². The maximum Gasteiger partial charge on any atom is 0.128 e. The summed E-state index contributed by atoms with van der Waals surface area (Å²) in [5.41, 5.74) is 2.78. The zero-order chi connectivity index (χ0) is 15.2. The molecule has 0 bridgehead atoms. The van der Waals surface area contributed by atoms with Crippen molar-refractivity contribution in [2.45, 2.75) is 26.3 Å². The first-order chi connectivity index (χ1) is 10.1. The topological polar surface area (TPSA) is 21.3 Å². The summed E-state index contributed by atoms with van der Waals surface area (Å²) in [6.45, 7) is 4.73. The number of aryl methyl sites for hydroxylation is 1. The molecule has 0 saturated carbocycles. The summed E-state index contributed by atoms with van der Waals surface area (Å²) < 4.78 is 19.5. The Morgan fingerprint density at radius 3 is 2.67 bits per heavy atom. The second-order valence-corrected chi connectivity index (χ2v) is 5.19. The van der Waals surface area contributed by atoms with Crippen LogP contribution in [-0.2, 0) is 6.42 Å². The van der Waals surface area contributed by atoms with Gasteiger partial charge in [0.15, 0.2) is 0 Å². The van der Waals surface area contributed by atoms with E-state index >= 15 is 0 Å². The molecule has 2 rings (SSSR count). The lowest BCUT2D eigenvalue weighted by Gasteiger charge is -2.20. The van der Waals surface area contributed by atoms with Crippen LogP contribution in [0.4, 0.5) is 4.39 Å². The van der Waals surface area contributed by atoms with E-state index in [9.17, 15) is 4.39 Å². The van der Waals surface area contributed by atoms with Crippen molar-refractivity contribution in [3.8, 4) is 5.75 Å². The number of rotatable bonds is 6. The van der Waals surface area contributed by atoms with Crippen LogP contribution >= 0.6 is 0 Å². The van der Waals surface area contributed by atoms with Gasteiger partial charge in [0.1, 0.15) is 11.6 Å². The number of methoxy groups -OCH3 is 1. The summed E-state index contributed by atoms with van der Waals surface area (Å²) in [6, 6.07) is 13.3. The quantitative estimate of drug-likeness (QED) is 0.866. The summed E-state index contributed by atoms with van der Waals surface area (Å²) in [4.78, 5) is 0. The van der Waals surface area contributed by atoms with Crippen LogP contribution in [0.3, 0.4) is 0 Å². The molecule has 112 valence electrons. The van der Waals surface area contributed by atoms with Gasteiger partial charge < -0.3 is 10.1 Å². The number of likely N-dealkylation sites (N-methyl/N-ethyl adjacent to an activating group) is 1. The summed E-state index contributed by atoms with van der Waals surface area (Å²) >= 11 is 0. The normalized spacial score (nSPS) is 12.2. The Hall–Kier alpha value is -1.87. The smallest absolute Gasteiger partial charge is 0.128 e. The highest BCUT2D eigenvalue weighted by Gasteiger charge is 2.15. The molecule has 0 amide bonds. The lowest BCUT2D eigenvalue weighted by atomic mass is 9.97. The molecule has 3 heteroatoms. The molecule has 2 nitrogen and oxygen atoms in total. The highest BCUT2D eigenvalue weighted by Crippen LogP contribution is 2.24. The molecule has 21 heavy (non-hydrogen) atoms. The van der Waals surface area contributed by atoms with Crippen LogP contribution in [0.15, 0.2) is 42.5 Å². The van der Waals surface area contributed by atoms with Gasteiger partial charge in [-0.05, 0) is 49.2 Å². The number of ether oxygens (including phenoxy) is 1. The number of halogens is 1. The second kappa shape index (κ2) is 7.23. The lowest BCUT2D eigenvalue weighted by Crippen LogP contribution is -2.24. The molecule has 0 aliphatic rings. The van der Waals surface area contributed by atoms with Crippen molar-refractivity contribution in [2.75, 3.05) is 13.7 Å². The average molecular weight is 287 g/mol. The molecular weight excluding hydrogens is 265 g/mol. The molecule has 0 heterocycles. The van der Waals surface area contributed by atoms with Crippen LogP contribution in [0.5, 0.6) is 5.75 Å². The van der Waals surface area contributed by atoms with Gasteiger partial charge in [-0.25, -0.2) is 4.39 Å². The van der Waals surface area contributed by atoms with Gasteiger partial charge in [0.05, 0.1) is 7.11 Å². The molecule has 0 fully saturated rings. The molecule has 0 saturated heterocycles. The Labute approximate surface area is 126 Å². The van der Waals surface area contributed by atoms with E-state index in [1.165, 1.54) is 0 Å². The first kappa shape index (κ1) is 15.5. The van der Waals surface area contributed by atoms with E-state index in [1.54, 1.807) is 13.2 Å². The Kier molecular flexibility index (Phi) is 5.34. The minimum atomic E-state index is -0.149. The summed E-state index contributed by atoms with van der Waals surface area (Å²) in [6.07, 6.45) is 0.727. The van der Waals surface area contributed by atoms with Crippen molar-refractivity contribution in [3.63, 3.8) is 0 Å². The van der Waals surface area contributed by atoms with Crippen molar-refractivity contribution in [1.82, 2.24) is 5.32 Å². The zero-order valence-electron chi connectivity index (χ0n) is 12.8. The third kappa shape index (κ3) is 4.05. The van der Waals surface area contributed by atoms with Gasteiger partial charge in [-0.2, -0.15) is 0 Å². The van der Waals surface area contributed by atoms with Crippen molar-refractivity contribution < 1.29 is 9.13 Å². The molecule has 0 radical (unpaired) electrons. The SMILES string of the molecule is CCNC(Cc1cccc(OC)c1)c1ccc(C)cc1F. The maximum absolute atomic E-state index is 14.2. The first-order valence-corrected chi connectivity index (χ1v) is 7.26. The van der Waals surface area contributed by atoms with Crippen molar-refractivity contribution in [3.05, 3.63) is 65.0 Å². The molecule has 2 aromatic carbocycles. The first-order valence-electron chi connectivity index (χ1n) is 7.26. The number of benzene rings is 2. The maximum atomic E-state index is 14.2. The lowest BCUT2D eigenvalue weighted by molar-refractivity contribution is 0.413. The molecule has 0 aliphatic heterocycles. The van der Waals surface area contributed by atoms with Gasteiger partial charge in [0.2, 0.25) is 0 Å². The summed E-state index contributed by atoms with van der Waals surface area (Å²) in [7, 11) is 1.65. The van der Waals surface area contributed by atoms with E-state index < -0.39 is 0 Å². The fourth-order valence-electron chi connectivity index (χ4n) is 2.49. The van der Waals surface area contributed by atoms with Crippen LogP contribution in [-0.4, -0.2) is 13.7 Å². The average Bonchev–Trinajstić information content (AvgIpc) is 2.47. The van der Waals surface area contributed by atoms with Gasteiger partial charge >= 0.3 is 0 Å². The molecule has 0 aromatic heterocycles. The molecule has 0 aliphatic carbocycles. The van der Waals surface area contributed by atoms with Crippen LogP contribution in [0.1, 0.15) is 29.7 Å². The predicted octanol–water partition coefficient (Wildman–Crippen LogP) is 4.04. The van der Waals surface area contributed by atoms with Gasteiger partial charge in [0.25, 0.3) is 0 Å². The van der Waals surface area contributed by atoms with Crippen molar-refractivity contribution >= 4 is 0 Å². The van der Waals surface area contributed by atoms with Crippen LogP contribution in [0.25, 0.3) is 0 Å². The standard InChI is InChI=1S/C18H22FNO/c1-4-20-18(16-9-8-13(2)10-17(16)19)12-14-6-5-7-15(11-14)21-3/h5-11,18,20H,4,12H2,1-3H3. The highest BCUT2D eigenvalue weighted by molar-refractivity contribution is 5.32. The van der Waals surface area contributed by atoms with Crippen LogP contribution in [0, 0.1) is 12.7 Å². The summed E-state index contributed by atoms with van der Waals surface area (Å²) in [5.74, 6) is 0.677. The Morgan fingerprint density at radius 1 is 1.19 bits per heavy atom. The Bertz CT molecular complexity index is 598. The predicted molar refractivity (Wildman–Crippen MR) is 84.3 cm³/mol. The second-order valence-electron chi connectivity index (χ2n) is 5.19. The third-order valence-corrected chi connectivity index (χ3v) is 3.56. The van der Waals surface area contributed by atoms with E-state index in [4.69, 9.17) is 4.74 Å². The fourth-order valence-corrected chi connectivity index (χ4v) is 2.49. The molecule has 2 aromatic rings. The molecule has 0 spiro atoms. The molecular formula is C18H22FNO. The van der Waals surface area contributed by atoms with Crippen molar-refractivity contribution in [1.29, 1.82) is 0 Å². The number of hydrogen-bond donors (Lipinski definition) is 1. The van der Waals surface area contributed by atoms with E-state index in [1.807, 2.05) is 50.2 Å². The van der Waals surface area contributed by atoms with Gasteiger partial charge in [-0.3, -0.25) is 0 Å². The van der Waals surface area contributed by atoms with Crippen LogP contribution < -0.4 is 10.1 Å². The molecule has 1 atom stereocenters. The molecule has 1 unspecified atom stereocenters. The minimum Gasteiger partial charge on any atom is -0.497 e.